The van der Waals surface area contributed by atoms with Crippen LogP contribution in [-0.4, -0.2) is 0 Å². The van der Waals surface area contributed by atoms with E-state index in [9.17, 15) is 0 Å². The molecule has 2 nitrogen and oxygen atoms in total. The molecule has 2 aromatic rings. The van der Waals surface area contributed by atoms with Crippen LogP contribution < -0.4 is 11.3 Å². The number of hydrazine groups is 1. The van der Waals surface area contributed by atoms with Gasteiger partial charge in [-0.3, -0.25) is 5.84 Å². The lowest BCUT2D eigenvalue weighted by Gasteiger charge is -2.30. The Balaban J connectivity index is 2.03. The first-order valence-electron chi connectivity index (χ1n) is 7.51. The largest absolute Gasteiger partial charge is 0.271 e. The molecule has 0 amide bonds. The second-order valence-corrected chi connectivity index (χ2v) is 6.35. The van der Waals surface area contributed by atoms with Crippen LogP contribution in [0.5, 0.6) is 0 Å². The number of halogens is 1. The van der Waals surface area contributed by atoms with E-state index in [-0.39, 0.29) is 6.04 Å². The van der Waals surface area contributed by atoms with Gasteiger partial charge in [0, 0.05) is 5.02 Å². The maximum Gasteiger partial charge on any atom is 0.0713 e. The zero-order valence-electron chi connectivity index (χ0n) is 12.3. The van der Waals surface area contributed by atoms with Crippen molar-refractivity contribution in [3.05, 3.63) is 69.7 Å². The van der Waals surface area contributed by atoms with Gasteiger partial charge in [-0.05, 0) is 60.1 Å². The third-order valence-electron chi connectivity index (χ3n) is 4.42. The number of nitrogens with one attached hydrogen (secondary N) is 1. The minimum absolute atomic E-state index is 0.0146. The third-order valence-corrected chi connectivity index (χ3v) is 4.63. The van der Waals surface area contributed by atoms with E-state index in [1.165, 1.54) is 30.4 Å². The van der Waals surface area contributed by atoms with Gasteiger partial charge in [-0.25, -0.2) is 5.43 Å². The fourth-order valence-corrected chi connectivity index (χ4v) is 3.46. The smallest absolute Gasteiger partial charge is 0.0713 e. The summed E-state index contributed by atoms with van der Waals surface area (Å²) >= 11 is 6.21. The number of hydrogen-bond donors (Lipinski definition) is 2. The van der Waals surface area contributed by atoms with Crippen LogP contribution in [0, 0.1) is 6.92 Å². The fraction of sp³-hybridized carbons (Fsp3) is 0.333. The van der Waals surface area contributed by atoms with Crippen molar-refractivity contribution in [3.63, 3.8) is 0 Å². The quantitative estimate of drug-likeness (QED) is 0.646. The Labute approximate surface area is 131 Å². The summed E-state index contributed by atoms with van der Waals surface area (Å²) in [5, 5.41) is 0.756. The molecule has 3 N–H and O–H groups in total. The summed E-state index contributed by atoms with van der Waals surface area (Å²) < 4.78 is 0. The monoisotopic (exact) mass is 300 g/mol. The first-order valence-corrected chi connectivity index (χ1v) is 7.89. The minimum Gasteiger partial charge on any atom is -0.271 e. The molecule has 0 aromatic heterocycles. The summed E-state index contributed by atoms with van der Waals surface area (Å²) in [6, 6.07) is 14.7. The second-order valence-electron chi connectivity index (χ2n) is 5.92. The van der Waals surface area contributed by atoms with Gasteiger partial charge in [-0.1, -0.05) is 48.4 Å². The highest BCUT2D eigenvalue weighted by Crippen LogP contribution is 2.40. The van der Waals surface area contributed by atoms with Gasteiger partial charge in [-0.15, -0.1) is 0 Å². The highest BCUT2D eigenvalue weighted by atomic mass is 35.5. The Kier molecular flexibility index (Phi) is 4.29. The zero-order chi connectivity index (χ0) is 14.8. The van der Waals surface area contributed by atoms with Crippen molar-refractivity contribution in [2.75, 3.05) is 0 Å². The molecular formula is C18H21ClN2. The van der Waals surface area contributed by atoms with Gasteiger partial charge in [-0.2, -0.15) is 0 Å². The van der Waals surface area contributed by atoms with E-state index in [1.807, 2.05) is 12.1 Å². The molecule has 0 saturated heterocycles. The molecule has 0 radical (unpaired) electrons. The predicted octanol–water partition coefficient (Wildman–Crippen LogP) is 4.47. The molecule has 3 rings (SSSR count). The second kappa shape index (κ2) is 6.18. The lowest BCUT2D eigenvalue weighted by molar-refractivity contribution is 0.414. The van der Waals surface area contributed by atoms with Crippen LogP contribution in [0.3, 0.4) is 0 Å². The Hall–Kier alpha value is -1.35. The van der Waals surface area contributed by atoms with Crippen LogP contribution in [0.1, 0.15) is 53.5 Å². The SMILES string of the molecule is Cc1cc(Cl)cc(C(NN)c2ccccc2C2CCC2)c1. The first kappa shape index (κ1) is 14.6. The van der Waals surface area contributed by atoms with E-state index in [4.69, 9.17) is 17.4 Å². The molecule has 0 aliphatic heterocycles. The lowest BCUT2D eigenvalue weighted by atomic mass is 9.76. The molecule has 1 aliphatic carbocycles. The Morgan fingerprint density at radius 1 is 1.19 bits per heavy atom. The van der Waals surface area contributed by atoms with E-state index in [0.29, 0.717) is 5.92 Å². The topological polar surface area (TPSA) is 38.0 Å². The van der Waals surface area contributed by atoms with Crippen LogP contribution >= 0.6 is 11.6 Å². The van der Waals surface area contributed by atoms with Crippen molar-refractivity contribution in [1.82, 2.24) is 5.43 Å². The van der Waals surface area contributed by atoms with Crippen molar-refractivity contribution < 1.29 is 0 Å². The van der Waals surface area contributed by atoms with Gasteiger partial charge in [0.1, 0.15) is 0 Å². The van der Waals surface area contributed by atoms with E-state index >= 15 is 0 Å². The molecule has 0 bridgehead atoms. The summed E-state index contributed by atoms with van der Waals surface area (Å²) in [5.41, 5.74) is 7.94. The summed E-state index contributed by atoms with van der Waals surface area (Å²) in [6.07, 6.45) is 3.89. The number of aryl methyl sites for hydroxylation is 1. The molecule has 110 valence electrons. The van der Waals surface area contributed by atoms with Crippen molar-refractivity contribution in [1.29, 1.82) is 0 Å². The molecule has 1 aliphatic rings. The van der Waals surface area contributed by atoms with Gasteiger partial charge >= 0.3 is 0 Å². The first-order chi connectivity index (χ1) is 10.2. The number of rotatable bonds is 4. The molecular weight excluding hydrogens is 280 g/mol. The van der Waals surface area contributed by atoms with Crippen molar-refractivity contribution >= 4 is 11.6 Å². The molecule has 0 spiro atoms. The lowest BCUT2D eigenvalue weighted by Crippen LogP contribution is -2.30. The van der Waals surface area contributed by atoms with E-state index in [2.05, 4.69) is 42.7 Å². The summed E-state index contributed by atoms with van der Waals surface area (Å²) in [6.45, 7) is 2.06. The van der Waals surface area contributed by atoms with Crippen LogP contribution in [0.25, 0.3) is 0 Å². The number of hydrogen-bond acceptors (Lipinski definition) is 2. The Bertz CT molecular complexity index is 615. The Morgan fingerprint density at radius 2 is 1.95 bits per heavy atom. The summed E-state index contributed by atoms with van der Waals surface area (Å²) in [4.78, 5) is 0. The molecule has 1 unspecified atom stereocenters. The molecule has 2 aromatic carbocycles. The molecule has 1 atom stereocenters. The van der Waals surface area contributed by atoms with Gasteiger partial charge in [0.25, 0.3) is 0 Å². The van der Waals surface area contributed by atoms with Gasteiger partial charge in [0.15, 0.2) is 0 Å². The number of nitrogens with two attached hydrogens (primary N) is 1. The predicted molar refractivity (Wildman–Crippen MR) is 88.4 cm³/mol. The van der Waals surface area contributed by atoms with Crippen LogP contribution in [0.4, 0.5) is 0 Å². The maximum atomic E-state index is 6.21. The van der Waals surface area contributed by atoms with Gasteiger partial charge in [0.2, 0.25) is 0 Å². The molecule has 3 heteroatoms. The van der Waals surface area contributed by atoms with E-state index in [1.54, 1.807) is 0 Å². The molecule has 1 fully saturated rings. The van der Waals surface area contributed by atoms with Crippen molar-refractivity contribution in [3.8, 4) is 0 Å². The fourth-order valence-electron chi connectivity index (χ4n) is 3.16. The summed E-state index contributed by atoms with van der Waals surface area (Å²) in [7, 11) is 0. The normalized spacial score (nSPS) is 16.5. The third kappa shape index (κ3) is 2.98. The average molecular weight is 301 g/mol. The highest BCUT2D eigenvalue weighted by molar-refractivity contribution is 6.30. The molecule has 21 heavy (non-hydrogen) atoms. The zero-order valence-corrected chi connectivity index (χ0v) is 13.0. The molecule has 0 heterocycles. The van der Waals surface area contributed by atoms with Crippen LogP contribution in [0.15, 0.2) is 42.5 Å². The van der Waals surface area contributed by atoms with Crippen molar-refractivity contribution in [2.24, 2.45) is 5.84 Å². The van der Waals surface area contributed by atoms with Crippen LogP contribution in [-0.2, 0) is 0 Å². The Morgan fingerprint density at radius 3 is 2.57 bits per heavy atom. The van der Waals surface area contributed by atoms with Gasteiger partial charge in [0.05, 0.1) is 6.04 Å². The van der Waals surface area contributed by atoms with E-state index in [0.717, 1.165) is 16.1 Å². The summed E-state index contributed by atoms with van der Waals surface area (Å²) in [5.74, 6) is 6.55. The van der Waals surface area contributed by atoms with Crippen molar-refractivity contribution in [2.45, 2.75) is 38.1 Å². The average Bonchev–Trinajstić information content (AvgIpc) is 2.38. The minimum atomic E-state index is -0.0146. The maximum absolute atomic E-state index is 6.21. The van der Waals surface area contributed by atoms with E-state index < -0.39 is 0 Å². The molecule has 1 saturated carbocycles. The van der Waals surface area contributed by atoms with Crippen LogP contribution in [0.2, 0.25) is 5.02 Å². The number of benzene rings is 2. The standard InChI is InChI=1S/C18H21ClN2/c1-12-9-14(11-15(19)10-12)18(21-20)17-8-3-2-7-16(17)13-5-4-6-13/h2-3,7-11,13,18,21H,4-6,20H2,1H3. The highest BCUT2D eigenvalue weighted by Gasteiger charge is 2.25. The van der Waals surface area contributed by atoms with Gasteiger partial charge < -0.3 is 0 Å².